The third-order valence-electron chi connectivity index (χ3n) is 4.22. The zero-order chi connectivity index (χ0) is 14.6. The lowest BCUT2D eigenvalue weighted by molar-refractivity contribution is 0.357. The first-order valence-corrected chi connectivity index (χ1v) is 9.04. The van der Waals surface area contributed by atoms with Crippen molar-refractivity contribution in [2.75, 3.05) is 0 Å². The Hall–Kier alpha value is -0.300. The molecule has 0 bridgehead atoms. The van der Waals surface area contributed by atoms with Gasteiger partial charge in [-0.3, -0.25) is 0 Å². The van der Waals surface area contributed by atoms with Crippen LogP contribution in [0.3, 0.4) is 0 Å². The second kappa shape index (κ2) is 11.4. The largest absolute Gasteiger partial charge is 0.369 e. The first kappa shape index (κ1) is 17.8. The smallest absolute Gasteiger partial charge is 0.0876 e. The molecule has 1 rings (SSSR count). The summed E-state index contributed by atoms with van der Waals surface area (Å²) in [5.74, 6) is 0.853. The van der Waals surface area contributed by atoms with E-state index in [9.17, 15) is 0 Å². The van der Waals surface area contributed by atoms with Crippen molar-refractivity contribution in [2.24, 2.45) is 5.92 Å². The van der Waals surface area contributed by atoms with Gasteiger partial charge in [-0.2, -0.15) is 0 Å². The zero-order valence-corrected chi connectivity index (χ0v) is 14.1. The highest BCUT2D eigenvalue weighted by Crippen LogP contribution is 2.30. The van der Waals surface area contributed by atoms with Crippen molar-refractivity contribution in [3.05, 3.63) is 12.2 Å². The molecule has 1 fully saturated rings. The SMILES string of the molecule is CCCCCCCC=CC[C@@H]1O[C@@H]1CCCCC(C)C. The average molecular weight is 280 g/mol. The van der Waals surface area contributed by atoms with E-state index in [4.69, 9.17) is 4.74 Å². The minimum absolute atomic E-state index is 0.547. The molecule has 1 heterocycles. The van der Waals surface area contributed by atoms with Crippen LogP contribution >= 0.6 is 0 Å². The number of ether oxygens (including phenoxy) is 1. The Bertz CT molecular complexity index is 244. The van der Waals surface area contributed by atoms with Crippen LogP contribution in [0.15, 0.2) is 12.2 Å². The molecule has 1 aliphatic rings. The number of unbranched alkanes of at least 4 members (excludes halogenated alkanes) is 6. The van der Waals surface area contributed by atoms with Gasteiger partial charge in [-0.25, -0.2) is 0 Å². The maximum atomic E-state index is 5.73. The van der Waals surface area contributed by atoms with Crippen molar-refractivity contribution in [1.82, 2.24) is 0 Å². The van der Waals surface area contributed by atoms with Gasteiger partial charge in [-0.05, 0) is 31.6 Å². The minimum atomic E-state index is 0.547. The first-order valence-electron chi connectivity index (χ1n) is 9.04. The van der Waals surface area contributed by atoms with Crippen LogP contribution in [0.1, 0.15) is 91.4 Å². The van der Waals surface area contributed by atoms with Gasteiger partial charge in [0.15, 0.2) is 0 Å². The van der Waals surface area contributed by atoms with E-state index in [1.165, 1.54) is 64.2 Å². The molecule has 0 N–H and O–H groups in total. The fraction of sp³-hybridized carbons (Fsp3) is 0.895. The molecule has 1 nitrogen and oxygen atoms in total. The zero-order valence-electron chi connectivity index (χ0n) is 14.1. The van der Waals surface area contributed by atoms with Crippen molar-refractivity contribution in [1.29, 1.82) is 0 Å². The lowest BCUT2D eigenvalue weighted by Gasteiger charge is -2.02. The maximum Gasteiger partial charge on any atom is 0.0876 e. The molecule has 20 heavy (non-hydrogen) atoms. The summed E-state index contributed by atoms with van der Waals surface area (Å²) < 4.78 is 5.73. The van der Waals surface area contributed by atoms with E-state index in [1.807, 2.05) is 0 Å². The Morgan fingerprint density at radius 3 is 2.45 bits per heavy atom. The Morgan fingerprint density at radius 2 is 1.70 bits per heavy atom. The molecule has 0 aromatic heterocycles. The number of allylic oxidation sites excluding steroid dienone is 1. The Kier molecular flexibility index (Phi) is 10.1. The van der Waals surface area contributed by atoms with Gasteiger partial charge in [-0.15, -0.1) is 0 Å². The minimum Gasteiger partial charge on any atom is -0.369 e. The maximum absolute atomic E-state index is 5.73. The first-order chi connectivity index (χ1) is 9.74. The Labute approximate surface area is 127 Å². The van der Waals surface area contributed by atoms with Gasteiger partial charge in [0, 0.05) is 0 Å². The van der Waals surface area contributed by atoms with E-state index in [0.717, 1.165) is 12.3 Å². The van der Waals surface area contributed by atoms with E-state index in [2.05, 4.69) is 32.9 Å². The van der Waals surface area contributed by atoms with Crippen molar-refractivity contribution < 1.29 is 4.74 Å². The molecule has 0 radical (unpaired) electrons. The topological polar surface area (TPSA) is 12.5 Å². The van der Waals surface area contributed by atoms with Crippen LogP contribution in [0.25, 0.3) is 0 Å². The van der Waals surface area contributed by atoms with E-state index in [-0.39, 0.29) is 0 Å². The van der Waals surface area contributed by atoms with Crippen LogP contribution in [0.5, 0.6) is 0 Å². The van der Waals surface area contributed by atoms with Crippen molar-refractivity contribution in [3.8, 4) is 0 Å². The van der Waals surface area contributed by atoms with Gasteiger partial charge in [0.2, 0.25) is 0 Å². The second-order valence-electron chi connectivity index (χ2n) is 6.80. The van der Waals surface area contributed by atoms with Crippen LogP contribution in [-0.4, -0.2) is 12.2 Å². The monoisotopic (exact) mass is 280 g/mol. The summed E-state index contributed by atoms with van der Waals surface area (Å²) in [7, 11) is 0. The third-order valence-corrected chi connectivity index (χ3v) is 4.22. The molecule has 0 amide bonds. The average Bonchev–Trinajstić information content (AvgIpc) is 3.16. The van der Waals surface area contributed by atoms with Crippen LogP contribution < -0.4 is 0 Å². The van der Waals surface area contributed by atoms with Gasteiger partial charge in [0.05, 0.1) is 12.2 Å². The summed E-state index contributed by atoms with van der Waals surface area (Å²) in [6.07, 6.45) is 20.5. The fourth-order valence-corrected chi connectivity index (χ4v) is 2.75. The molecule has 118 valence electrons. The highest BCUT2D eigenvalue weighted by molar-refractivity contribution is 4.93. The van der Waals surface area contributed by atoms with Gasteiger partial charge in [0.25, 0.3) is 0 Å². The standard InChI is InChI=1S/C19H36O/c1-4-5-6-7-8-9-10-11-15-18-19(20-18)16-13-12-14-17(2)3/h10-11,17-19H,4-9,12-16H2,1-3H3/t18-,19+/m0/s1. The lowest BCUT2D eigenvalue weighted by atomic mass is 10.0. The molecule has 0 aromatic rings. The molecule has 0 aliphatic carbocycles. The number of rotatable bonds is 13. The molecular formula is C19H36O. The summed E-state index contributed by atoms with van der Waals surface area (Å²) >= 11 is 0. The van der Waals surface area contributed by atoms with E-state index in [1.54, 1.807) is 0 Å². The molecule has 0 aromatic carbocycles. The molecule has 0 saturated carbocycles. The fourth-order valence-electron chi connectivity index (χ4n) is 2.75. The lowest BCUT2D eigenvalue weighted by Crippen LogP contribution is -1.94. The third kappa shape index (κ3) is 9.58. The van der Waals surface area contributed by atoms with Crippen LogP contribution in [0.4, 0.5) is 0 Å². The molecule has 0 spiro atoms. The second-order valence-corrected chi connectivity index (χ2v) is 6.80. The number of hydrogen-bond acceptors (Lipinski definition) is 1. The predicted molar refractivity (Wildman–Crippen MR) is 89.1 cm³/mol. The molecule has 1 heteroatoms. The van der Waals surface area contributed by atoms with Crippen LogP contribution in [0.2, 0.25) is 0 Å². The van der Waals surface area contributed by atoms with Gasteiger partial charge in [0.1, 0.15) is 0 Å². The summed E-state index contributed by atoms with van der Waals surface area (Å²) in [5.41, 5.74) is 0. The molecule has 1 aliphatic heterocycles. The quantitative estimate of drug-likeness (QED) is 0.220. The highest BCUT2D eigenvalue weighted by Gasteiger charge is 2.36. The van der Waals surface area contributed by atoms with Crippen molar-refractivity contribution in [3.63, 3.8) is 0 Å². The van der Waals surface area contributed by atoms with E-state index in [0.29, 0.717) is 12.2 Å². The van der Waals surface area contributed by atoms with Crippen molar-refractivity contribution >= 4 is 0 Å². The summed E-state index contributed by atoms with van der Waals surface area (Å²) in [6, 6.07) is 0. The Morgan fingerprint density at radius 1 is 0.900 bits per heavy atom. The van der Waals surface area contributed by atoms with Crippen molar-refractivity contribution in [2.45, 2.75) is 104 Å². The predicted octanol–water partition coefficient (Wildman–Crippen LogP) is 6.28. The number of epoxide rings is 1. The van der Waals surface area contributed by atoms with Gasteiger partial charge in [-0.1, -0.05) is 77.9 Å². The van der Waals surface area contributed by atoms with Gasteiger partial charge >= 0.3 is 0 Å². The molecular weight excluding hydrogens is 244 g/mol. The molecule has 2 atom stereocenters. The summed E-state index contributed by atoms with van der Waals surface area (Å²) in [5, 5.41) is 0. The molecule has 0 unspecified atom stereocenters. The van der Waals surface area contributed by atoms with Crippen LogP contribution in [-0.2, 0) is 4.74 Å². The van der Waals surface area contributed by atoms with E-state index >= 15 is 0 Å². The van der Waals surface area contributed by atoms with Crippen LogP contribution in [0, 0.1) is 5.92 Å². The normalized spacial score (nSPS) is 22.0. The Balaban J connectivity index is 1.84. The van der Waals surface area contributed by atoms with E-state index < -0.39 is 0 Å². The number of hydrogen-bond donors (Lipinski definition) is 0. The summed E-state index contributed by atoms with van der Waals surface area (Å²) in [4.78, 5) is 0. The molecule has 1 saturated heterocycles. The highest BCUT2D eigenvalue weighted by atomic mass is 16.6. The summed E-state index contributed by atoms with van der Waals surface area (Å²) in [6.45, 7) is 6.89. The van der Waals surface area contributed by atoms with Gasteiger partial charge < -0.3 is 4.74 Å².